The van der Waals surface area contributed by atoms with Crippen molar-refractivity contribution in [2.75, 3.05) is 5.32 Å². The Kier molecular flexibility index (Phi) is 4.30. The number of nitrogens with one attached hydrogen (secondary N) is 1. The van der Waals surface area contributed by atoms with Gasteiger partial charge in [-0.05, 0) is 6.07 Å². The number of amides is 1. The molecule has 0 aromatic carbocycles. The standard InChI is InChI=1S/C9H4F7N3O3/c10-7(8(11,12)13,9(14,15)16)6(20)18-5-2-1-4(3-17-5)19(21)22/h1-3H,(H,17,18,20). The van der Waals surface area contributed by atoms with Crippen molar-refractivity contribution < 1.29 is 40.5 Å². The smallest absolute Gasteiger partial charge is 0.307 e. The lowest BCUT2D eigenvalue weighted by molar-refractivity contribution is -0.385. The largest absolute Gasteiger partial charge is 0.441 e. The Bertz CT molecular complexity index is 568. The highest BCUT2D eigenvalue weighted by Gasteiger charge is 2.77. The van der Waals surface area contributed by atoms with Crippen LogP contribution in [0.15, 0.2) is 18.3 Å². The number of carbonyl (C=O) groups is 1. The van der Waals surface area contributed by atoms with Crippen molar-refractivity contribution in [3.63, 3.8) is 0 Å². The first-order chi connectivity index (χ1) is 9.80. The molecule has 1 aromatic heterocycles. The third-order valence-electron chi connectivity index (χ3n) is 2.29. The fourth-order valence-electron chi connectivity index (χ4n) is 1.19. The van der Waals surface area contributed by atoms with Gasteiger partial charge in [-0.15, -0.1) is 0 Å². The summed E-state index contributed by atoms with van der Waals surface area (Å²) in [5.74, 6) is -3.99. The molecule has 0 bridgehead atoms. The molecule has 0 unspecified atom stereocenters. The summed E-state index contributed by atoms with van der Waals surface area (Å²) in [6.45, 7) is 0. The molecule has 22 heavy (non-hydrogen) atoms. The van der Waals surface area contributed by atoms with E-state index in [1.807, 2.05) is 0 Å². The molecule has 0 saturated heterocycles. The van der Waals surface area contributed by atoms with Crippen LogP contribution in [-0.2, 0) is 4.79 Å². The van der Waals surface area contributed by atoms with E-state index in [1.54, 1.807) is 0 Å². The quantitative estimate of drug-likeness (QED) is 0.523. The highest BCUT2D eigenvalue weighted by atomic mass is 19.4. The molecule has 1 N–H and O–H groups in total. The van der Waals surface area contributed by atoms with Crippen molar-refractivity contribution in [1.82, 2.24) is 4.98 Å². The molecule has 122 valence electrons. The highest BCUT2D eigenvalue weighted by Crippen LogP contribution is 2.46. The second-order valence-corrected chi connectivity index (χ2v) is 3.77. The summed E-state index contributed by atoms with van der Waals surface area (Å²) in [5, 5.41) is 11.3. The van der Waals surface area contributed by atoms with Gasteiger partial charge in [-0.3, -0.25) is 14.9 Å². The Morgan fingerprint density at radius 3 is 1.91 bits per heavy atom. The van der Waals surface area contributed by atoms with E-state index in [0.29, 0.717) is 18.3 Å². The van der Waals surface area contributed by atoms with Crippen molar-refractivity contribution in [2.45, 2.75) is 18.0 Å². The van der Waals surface area contributed by atoms with Gasteiger partial charge in [0.25, 0.3) is 11.6 Å². The molecule has 0 fully saturated rings. The van der Waals surface area contributed by atoms with Gasteiger partial charge in [0, 0.05) is 6.07 Å². The monoisotopic (exact) mass is 335 g/mol. The van der Waals surface area contributed by atoms with E-state index >= 15 is 0 Å². The van der Waals surface area contributed by atoms with Crippen molar-refractivity contribution in [2.24, 2.45) is 0 Å². The zero-order valence-electron chi connectivity index (χ0n) is 10.00. The Hall–Kier alpha value is -2.47. The predicted molar refractivity (Wildman–Crippen MR) is 55.5 cm³/mol. The van der Waals surface area contributed by atoms with Gasteiger partial charge in [0.2, 0.25) is 0 Å². The molecule has 1 rings (SSSR count). The van der Waals surface area contributed by atoms with Crippen LogP contribution in [0.2, 0.25) is 0 Å². The molecule has 1 heterocycles. The molecular weight excluding hydrogens is 331 g/mol. The van der Waals surface area contributed by atoms with Crippen molar-refractivity contribution in [3.05, 3.63) is 28.4 Å². The first-order valence-corrected chi connectivity index (χ1v) is 5.05. The zero-order chi connectivity index (χ0) is 17.3. The molecule has 0 aliphatic heterocycles. The summed E-state index contributed by atoms with van der Waals surface area (Å²) in [7, 11) is 0. The average molecular weight is 335 g/mol. The SMILES string of the molecule is O=C(Nc1ccc([N+](=O)[O-])cn1)C(F)(C(F)(F)F)C(F)(F)F. The molecule has 0 aliphatic rings. The number of halogens is 7. The Morgan fingerprint density at radius 2 is 1.59 bits per heavy atom. The molecule has 0 saturated carbocycles. The van der Waals surface area contributed by atoms with Gasteiger partial charge < -0.3 is 5.32 Å². The maximum atomic E-state index is 13.3. The predicted octanol–water partition coefficient (Wildman–Crippen LogP) is 2.76. The van der Waals surface area contributed by atoms with E-state index in [1.165, 1.54) is 0 Å². The maximum Gasteiger partial charge on any atom is 0.441 e. The summed E-state index contributed by atoms with van der Waals surface area (Å²) < 4.78 is 86.8. The lowest BCUT2D eigenvalue weighted by Gasteiger charge is -2.28. The first-order valence-electron chi connectivity index (χ1n) is 5.05. The molecular formula is C9H4F7N3O3. The van der Waals surface area contributed by atoms with Crippen molar-refractivity contribution in [3.8, 4) is 0 Å². The van der Waals surface area contributed by atoms with Crippen molar-refractivity contribution in [1.29, 1.82) is 0 Å². The molecule has 13 heteroatoms. The number of hydrogen-bond donors (Lipinski definition) is 1. The number of hydrogen-bond acceptors (Lipinski definition) is 4. The summed E-state index contributed by atoms with van der Waals surface area (Å²) in [6, 6.07) is 1.19. The Balaban J connectivity index is 3.10. The van der Waals surface area contributed by atoms with E-state index in [-0.39, 0.29) is 0 Å². The van der Waals surface area contributed by atoms with E-state index in [4.69, 9.17) is 0 Å². The zero-order valence-corrected chi connectivity index (χ0v) is 10.00. The van der Waals surface area contributed by atoms with Gasteiger partial charge in [0.1, 0.15) is 12.0 Å². The number of anilines is 1. The maximum absolute atomic E-state index is 13.3. The summed E-state index contributed by atoms with van der Waals surface area (Å²) in [5.41, 5.74) is -6.79. The van der Waals surface area contributed by atoms with Gasteiger partial charge in [-0.1, -0.05) is 0 Å². The van der Waals surface area contributed by atoms with Crippen LogP contribution in [0.1, 0.15) is 0 Å². The Labute approximate surface area is 116 Å². The van der Waals surface area contributed by atoms with Crippen LogP contribution in [0, 0.1) is 10.1 Å². The average Bonchev–Trinajstić information content (AvgIpc) is 2.35. The van der Waals surface area contributed by atoms with Crippen LogP contribution < -0.4 is 5.32 Å². The highest BCUT2D eigenvalue weighted by molar-refractivity contribution is 5.98. The molecule has 0 spiro atoms. The number of carbonyl (C=O) groups excluding carboxylic acids is 1. The number of aromatic nitrogens is 1. The van der Waals surface area contributed by atoms with Gasteiger partial charge in [0.15, 0.2) is 0 Å². The summed E-state index contributed by atoms with van der Waals surface area (Å²) in [4.78, 5) is 23.4. The molecule has 1 amide bonds. The van der Waals surface area contributed by atoms with Crippen LogP contribution in [0.25, 0.3) is 0 Å². The third kappa shape index (κ3) is 3.07. The van der Waals surface area contributed by atoms with Gasteiger partial charge in [-0.2, -0.15) is 26.3 Å². The minimum absolute atomic E-state index is 0.455. The van der Waals surface area contributed by atoms with E-state index in [9.17, 15) is 45.6 Å². The number of rotatable bonds is 3. The third-order valence-corrected chi connectivity index (χ3v) is 2.29. The number of nitrogens with zero attached hydrogens (tertiary/aromatic N) is 2. The minimum atomic E-state index is -6.56. The van der Waals surface area contributed by atoms with Crippen molar-refractivity contribution >= 4 is 17.4 Å². The van der Waals surface area contributed by atoms with Crippen LogP contribution in [0.3, 0.4) is 0 Å². The van der Waals surface area contributed by atoms with E-state index in [0.717, 1.165) is 5.32 Å². The first kappa shape index (κ1) is 17.6. The topological polar surface area (TPSA) is 85.1 Å². The van der Waals surface area contributed by atoms with Gasteiger partial charge in [0.05, 0.1) is 4.92 Å². The lowest BCUT2D eigenvalue weighted by Crippen LogP contribution is -2.61. The number of pyridine rings is 1. The van der Waals surface area contributed by atoms with E-state index < -0.39 is 40.4 Å². The van der Waals surface area contributed by atoms with Gasteiger partial charge in [-0.25, -0.2) is 9.37 Å². The fourth-order valence-corrected chi connectivity index (χ4v) is 1.19. The van der Waals surface area contributed by atoms with Gasteiger partial charge >= 0.3 is 18.0 Å². The molecule has 0 atom stereocenters. The molecule has 1 aromatic rings. The molecule has 0 radical (unpaired) electrons. The van der Waals surface area contributed by atoms with Crippen LogP contribution >= 0.6 is 0 Å². The number of nitro groups is 1. The van der Waals surface area contributed by atoms with Crippen LogP contribution in [0.4, 0.5) is 42.2 Å². The lowest BCUT2D eigenvalue weighted by atomic mass is 10.0. The normalized spacial score (nSPS) is 12.9. The molecule has 6 nitrogen and oxygen atoms in total. The summed E-state index contributed by atoms with van der Waals surface area (Å²) >= 11 is 0. The molecule has 0 aliphatic carbocycles. The second kappa shape index (κ2) is 5.38. The van der Waals surface area contributed by atoms with Crippen LogP contribution in [0.5, 0.6) is 0 Å². The number of alkyl halides is 7. The minimum Gasteiger partial charge on any atom is -0.307 e. The second-order valence-electron chi connectivity index (χ2n) is 3.77. The Morgan fingerprint density at radius 1 is 1.09 bits per heavy atom. The fraction of sp³-hybridized carbons (Fsp3) is 0.333. The van der Waals surface area contributed by atoms with Crippen LogP contribution in [-0.4, -0.2) is 33.8 Å². The van der Waals surface area contributed by atoms with E-state index in [2.05, 4.69) is 4.98 Å². The summed E-state index contributed by atoms with van der Waals surface area (Å²) in [6.07, 6.45) is -12.7.